The second-order valence-electron chi connectivity index (χ2n) is 6.61. The molecule has 0 unspecified atom stereocenters. The van der Waals surface area contributed by atoms with E-state index in [0.29, 0.717) is 36.5 Å². The van der Waals surface area contributed by atoms with Crippen molar-refractivity contribution >= 4 is 5.91 Å². The first-order valence-corrected chi connectivity index (χ1v) is 8.67. The van der Waals surface area contributed by atoms with E-state index in [2.05, 4.69) is 24.0 Å². The van der Waals surface area contributed by atoms with E-state index in [4.69, 9.17) is 14.6 Å². The zero-order valence-corrected chi connectivity index (χ0v) is 15.6. The third-order valence-electron chi connectivity index (χ3n) is 4.84. The number of hydrogen-bond donors (Lipinski definition) is 1. The van der Waals surface area contributed by atoms with Crippen LogP contribution in [0.1, 0.15) is 29.6 Å². The Balaban J connectivity index is 2.16. The molecule has 2 heterocycles. The molecule has 0 bridgehead atoms. The number of piperidine rings is 1. The number of aliphatic hydroxyl groups is 1. The van der Waals surface area contributed by atoms with Crippen LogP contribution in [-0.2, 0) is 0 Å². The zero-order valence-electron chi connectivity index (χ0n) is 15.6. The Morgan fingerprint density at radius 2 is 2.12 bits per heavy atom. The number of pyridine rings is 1. The lowest BCUT2D eigenvalue weighted by atomic mass is 9.87. The van der Waals surface area contributed by atoms with Crippen molar-refractivity contribution < 1.29 is 19.4 Å². The summed E-state index contributed by atoms with van der Waals surface area (Å²) in [4.78, 5) is 21.3. The monoisotopic (exact) mass is 351 g/mol. The van der Waals surface area contributed by atoms with E-state index >= 15 is 0 Å². The van der Waals surface area contributed by atoms with Gasteiger partial charge in [-0.3, -0.25) is 4.79 Å². The van der Waals surface area contributed by atoms with Crippen LogP contribution in [0.15, 0.2) is 12.1 Å². The lowest BCUT2D eigenvalue weighted by Crippen LogP contribution is -2.50. The molecule has 2 rings (SSSR count). The first-order valence-electron chi connectivity index (χ1n) is 8.67. The molecule has 1 aliphatic heterocycles. The number of methoxy groups -OCH3 is 2. The van der Waals surface area contributed by atoms with Crippen LogP contribution in [0.3, 0.4) is 0 Å². The number of aromatic nitrogens is 1. The van der Waals surface area contributed by atoms with E-state index in [9.17, 15) is 4.79 Å². The standard InChI is InChI=1S/C18H29N3O4/c1-20(2)15-9-10-21(12-13(15)6-5-11-22)18(23)14-7-8-16(24-3)19-17(14)25-4/h7-8,13,15,22H,5-6,9-12H2,1-4H3/t13-,15+/m0/s1. The Morgan fingerprint density at radius 3 is 2.72 bits per heavy atom. The van der Waals surface area contributed by atoms with Crippen molar-refractivity contribution in [1.82, 2.24) is 14.8 Å². The van der Waals surface area contributed by atoms with Crippen LogP contribution in [0.2, 0.25) is 0 Å². The SMILES string of the molecule is COc1ccc(C(=O)N2CC[C@@H](N(C)C)[C@@H](CCCO)C2)c(OC)n1. The third kappa shape index (κ3) is 4.61. The smallest absolute Gasteiger partial charge is 0.259 e. The fraction of sp³-hybridized carbons (Fsp3) is 0.667. The van der Waals surface area contributed by atoms with Crippen LogP contribution in [0.5, 0.6) is 11.8 Å². The summed E-state index contributed by atoms with van der Waals surface area (Å²) in [5.41, 5.74) is 0.451. The number of amides is 1. The van der Waals surface area contributed by atoms with E-state index in [1.165, 1.54) is 14.2 Å². The molecule has 0 spiro atoms. The van der Waals surface area contributed by atoms with Gasteiger partial charge in [0.2, 0.25) is 11.8 Å². The average molecular weight is 351 g/mol. The fourth-order valence-electron chi connectivity index (χ4n) is 3.55. The van der Waals surface area contributed by atoms with Crippen molar-refractivity contribution in [2.45, 2.75) is 25.3 Å². The van der Waals surface area contributed by atoms with E-state index in [1.54, 1.807) is 12.1 Å². The predicted octanol–water partition coefficient (Wildman–Crippen LogP) is 1.26. The van der Waals surface area contributed by atoms with E-state index in [1.807, 2.05) is 4.90 Å². The predicted molar refractivity (Wildman–Crippen MR) is 95.1 cm³/mol. The summed E-state index contributed by atoms with van der Waals surface area (Å²) in [6.07, 6.45) is 2.58. The number of likely N-dealkylation sites (tertiary alicyclic amines) is 1. The summed E-state index contributed by atoms with van der Waals surface area (Å²) in [5.74, 6) is 0.974. The molecule has 1 aliphatic rings. The van der Waals surface area contributed by atoms with Crippen molar-refractivity contribution in [1.29, 1.82) is 0 Å². The molecular weight excluding hydrogens is 322 g/mol. The van der Waals surface area contributed by atoms with E-state index in [0.717, 1.165) is 19.3 Å². The number of aliphatic hydroxyl groups excluding tert-OH is 1. The first-order chi connectivity index (χ1) is 12.0. The molecule has 0 aliphatic carbocycles. The molecule has 25 heavy (non-hydrogen) atoms. The quantitative estimate of drug-likeness (QED) is 0.797. The number of carbonyl (C=O) groups is 1. The molecule has 7 heteroatoms. The van der Waals surface area contributed by atoms with Crippen LogP contribution < -0.4 is 9.47 Å². The Morgan fingerprint density at radius 1 is 1.36 bits per heavy atom. The summed E-state index contributed by atoms with van der Waals surface area (Å²) < 4.78 is 10.4. The number of ether oxygens (including phenoxy) is 2. The largest absolute Gasteiger partial charge is 0.481 e. The first kappa shape index (κ1) is 19.5. The third-order valence-corrected chi connectivity index (χ3v) is 4.84. The van der Waals surface area contributed by atoms with Gasteiger partial charge in [0.1, 0.15) is 5.56 Å². The molecule has 140 valence electrons. The Labute approximate surface area is 149 Å². The normalized spacial score (nSPS) is 20.6. The zero-order chi connectivity index (χ0) is 18.4. The second kappa shape index (κ2) is 9.01. The van der Waals surface area contributed by atoms with Crippen LogP contribution in [0, 0.1) is 5.92 Å². The topological polar surface area (TPSA) is 75.1 Å². The maximum Gasteiger partial charge on any atom is 0.259 e. The number of hydrogen-bond acceptors (Lipinski definition) is 6. The fourth-order valence-corrected chi connectivity index (χ4v) is 3.55. The van der Waals surface area contributed by atoms with Gasteiger partial charge in [0.15, 0.2) is 0 Å². The Hall–Kier alpha value is -1.86. The lowest BCUT2D eigenvalue weighted by molar-refractivity contribution is 0.0492. The highest BCUT2D eigenvalue weighted by molar-refractivity contribution is 5.96. The summed E-state index contributed by atoms with van der Waals surface area (Å²) in [7, 11) is 7.18. The minimum atomic E-state index is -0.0711. The summed E-state index contributed by atoms with van der Waals surface area (Å²) in [6, 6.07) is 3.80. The molecule has 1 amide bonds. The van der Waals surface area contributed by atoms with E-state index in [-0.39, 0.29) is 18.4 Å². The molecule has 2 atom stereocenters. The number of rotatable bonds is 7. The minimum Gasteiger partial charge on any atom is -0.481 e. The molecule has 1 N–H and O–H groups in total. The van der Waals surface area contributed by atoms with E-state index < -0.39 is 0 Å². The van der Waals surface area contributed by atoms with Gasteiger partial charge in [-0.25, -0.2) is 0 Å². The highest BCUT2D eigenvalue weighted by Crippen LogP contribution is 2.28. The average Bonchev–Trinajstić information content (AvgIpc) is 2.64. The highest BCUT2D eigenvalue weighted by Gasteiger charge is 2.33. The van der Waals surface area contributed by atoms with Gasteiger partial charge in [-0.2, -0.15) is 4.98 Å². The molecule has 1 aromatic rings. The molecule has 0 radical (unpaired) electrons. The van der Waals surface area contributed by atoms with Crippen LogP contribution >= 0.6 is 0 Å². The van der Waals surface area contributed by atoms with Gasteiger partial charge >= 0.3 is 0 Å². The number of nitrogens with zero attached hydrogens (tertiary/aromatic N) is 3. The Bertz CT molecular complexity index is 579. The molecule has 1 saturated heterocycles. The number of carbonyl (C=O) groups excluding carboxylic acids is 1. The van der Waals surface area contributed by atoms with Crippen molar-refractivity contribution in [2.24, 2.45) is 5.92 Å². The van der Waals surface area contributed by atoms with Crippen molar-refractivity contribution in [3.05, 3.63) is 17.7 Å². The van der Waals surface area contributed by atoms with Gasteiger partial charge in [0, 0.05) is 31.8 Å². The second-order valence-corrected chi connectivity index (χ2v) is 6.61. The lowest BCUT2D eigenvalue weighted by Gasteiger charge is -2.41. The van der Waals surface area contributed by atoms with Gasteiger partial charge in [0.05, 0.1) is 14.2 Å². The molecule has 0 saturated carbocycles. The van der Waals surface area contributed by atoms with Crippen molar-refractivity contribution in [3.8, 4) is 11.8 Å². The molecular formula is C18H29N3O4. The Kier molecular flexibility index (Phi) is 7.01. The van der Waals surface area contributed by atoms with Crippen LogP contribution in [0.25, 0.3) is 0 Å². The maximum atomic E-state index is 13.0. The van der Waals surface area contributed by atoms with Crippen LogP contribution in [0.4, 0.5) is 0 Å². The minimum absolute atomic E-state index is 0.0711. The summed E-state index contributed by atoms with van der Waals surface area (Å²) in [6.45, 7) is 1.56. The van der Waals surface area contributed by atoms with Crippen LogP contribution in [-0.4, -0.2) is 79.9 Å². The molecule has 1 fully saturated rings. The van der Waals surface area contributed by atoms with Gasteiger partial charge in [-0.1, -0.05) is 0 Å². The van der Waals surface area contributed by atoms with Crippen molar-refractivity contribution in [3.63, 3.8) is 0 Å². The van der Waals surface area contributed by atoms with Gasteiger partial charge < -0.3 is 24.4 Å². The summed E-state index contributed by atoms with van der Waals surface area (Å²) >= 11 is 0. The van der Waals surface area contributed by atoms with Gasteiger partial charge in [-0.05, 0) is 45.3 Å². The summed E-state index contributed by atoms with van der Waals surface area (Å²) in [5, 5.41) is 9.16. The van der Waals surface area contributed by atoms with Crippen molar-refractivity contribution in [2.75, 3.05) is 48.0 Å². The maximum absolute atomic E-state index is 13.0. The molecule has 0 aromatic carbocycles. The molecule has 7 nitrogen and oxygen atoms in total. The highest BCUT2D eigenvalue weighted by atomic mass is 16.5. The van der Waals surface area contributed by atoms with Gasteiger partial charge in [-0.15, -0.1) is 0 Å². The van der Waals surface area contributed by atoms with Gasteiger partial charge in [0.25, 0.3) is 5.91 Å². The molecule has 1 aromatic heterocycles.